The summed E-state index contributed by atoms with van der Waals surface area (Å²) in [5, 5.41) is 12.3. The Morgan fingerprint density at radius 2 is 2.18 bits per heavy atom. The third-order valence-corrected chi connectivity index (χ3v) is 3.61. The van der Waals surface area contributed by atoms with Gasteiger partial charge in [0.1, 0.15) is 23.1 Å². The summed E-state index contributed by atoms with van der Waals surface area (Å²) in [5.41, 5.74) is -1.52. The molecular weight excluding hydrogens is 289 g/mol. The number of amides is 1. The second-order valence-electron chi connectivity index (χ2n) is 6.37. The van der Waals surface area contributed by atoms with E-state index in [0.29, 0.717) is 13.0 Å². The summed E-state index contributed by atoms with van der Waals surface area (Å²) in [7, 11) is 0. The van der Waals surface area contributed by atoms with E-state index in [1.54, 1.807) is 39.0 Å². The fraction of sp³-hybridized carbons (Fsp3) is 0.562. The number of ether oxygens (including phenoxy) is 2. The van der Waals surface area contributed by atoms with E-state index in [-0.39, 0.29) is 12.2 Å². The van der Waals surface area contributed by atoms with Gasteiger partial charge in [-0.2, -0.15) is 0 Å². The van der Waals surface area contributed by atoms with Crippen LogP contribution in [-0.4, -0.2) is 36.1 Å². The smallest absolute Gasteiger partial charge is 0.408 e. The van der Waals surface area contributed by atoms with Crippen molar-refractivity contribution in [3.8, 4) is 0 Å². The van der Waals surface area contributed by atoms with Crippen molar-refractivity contribution in [3.05, 3.63) is 35.6 Å². The summed E-state index contributed by atoms with van der Waals surface area (Å²) < 4.78 is 25.0. The standard InChI is InChI=1S/C16H22FNO4/c1-15(2,3)22-14(20)18-16(8-9-21-13(16)10-19)11-6-4-5-7-12(11)17/h4-7,13,19H,8-10H2,1-3H3,(H,18,20). The summed E-state index contributed by atoms with van der Waals surface area (Å²) in [4.78, 5) is 12.2. The van der Waals surface area contributed by atoms with Crippen LogP contribution in [0, 0.1) is 5.82 Å². The Balaban J connectivity index is 2.36. The molecule has 0 aromatic heterocycles. The first-order valence-electron chi connectivity index (χ1n) is 7.27. The van der Waals surface area contributed by atoms with Crippen LogP contribution in [0.15, 0.2) is 24.3 Å². The van der Waals surface area contributed by atoms with E-state index in [1.165, 1.54) is 6.07 Å². The summed E-state index contributed by atoms with van der Waals surface area (Å²) in [6.07, 6.45) is -1.03. The molecule has 0 bridgehead atoms. The molecular formula is C16H22FNO4. The van der Waals surface area contributed by atoms with E-state index < -0.39 is 29.2 Å². The highest BCUT2D eigenvalue weighted by Gasteiger charge is 2.48. The lowest BCUT2D eigenvalue weighted by Crippen LogP contribution is -2.54. The Morgan fingerprint density at radius 1 is 1.50 bits per heavy atom. The van der Waals surface area contributed by atoms with E-state index in [1.807, 2.05) is 0 Å². The molecule has 2 atom stereocenters. The van der Waals surface area contributed by atoms with Gasteiger partial charge < -0.3 is 19.9 Å². The minimum absolute atomic E-state index is 0.289. The lowest BCUT2D eigenvalue weighted by Gasteiger charge is -2.35. The molecule has 0 spiro atoms. The highest BCUT2D eigenvalue weighted by molar-refractivity contribution is 5.69. The second kappa shape index (κ2) is 6.22. The van der Waals surface area contributed by atoms with Gasteiger partial charge in [-0.15, -0.1) is 0 Å². The summed E-state index contributed by atoms with van der Waals surface area (Å²) >= 11 is 0. The van der Waals surface area contributed by atoms with Crippen molar-refractivity contribution >= 4 is 6.09 Å². The van der Waals surface area contributed by atoms with Crippen LogP contribution in [-0.2, 0) is 15.0 Å². The molecule has 0 aliphatic carbocycles. The molecule has 1 aromatic rings. The average Bonchev–Trinajstić information content (AvgIpc) is 2.80. The zero-order valence-corrected chi connectivity index (χ0v) is 13.1. The number of rotatable bonds is 3. The van der Waals surface area contributed by atoms with Gasteiger partial charge in [-0.25, -0.2) is 9.18 Å². The number of benzene rings is 1. The molecule has 2 unspecified atom stereocenters. The fourth-order valence-electron chi connectivity index (χ4n) is 2.70. The van der Waals surface area contributed by atoms with Crippen molar-refractivity contribution in [2.45, 2.75) is 44.4 Å². The number of carbonyl (C=O) groups excluding carboxylic acids is 1. The molecule has 22 heavy (non-hydrogen) atoms. The van der Waals surface area contributed by atoms with Gasteiger partial charge in [0.25, 0.3) is 0 Å². The number of alkyl carbamates (subject to hydrolysis) is 1. The lowest BCUT2D eigenvalue weighted by atomic mass is 9.83. The Bertz CT molecular complexity index is 543. The van der Waals surface area contributed by atoms with Crippen molar-refractivity contribution < 1.29 is 23.8 Å². The van der Waals surface area contributed by atoms with Gasteiger partial charge in [0.15, 0.2) is 0 Å². The van der Waals surface area contributed by atoms with Crippen LogP contribution in [0.1, 0.15) is 32.8 Å². The second-order valence-corrected chi connectivity index (χ2v) is 6.37. The van der Waals surface area contributed by atoms with Gasteiger partial charge in [0, 0.05) is 18.6 Å². The zero-order valence-electron chi connectivity index (χ0n) is 13.1. The molecule has 1 heterocycles. The maximum Gasteiger partial charge on any atom is 0.408 e. The van der Waals surface area contributed by atoms with Crippen LogP contribution in [0.4, 0.5) is 9.18 Å². The maximum atomic E-state index is 14.3. The predicted molar refractivity (Wildman–Crippen MR) is 78.9 cm³/mol. The number of nitrogens with one attached hydrogen (secondary N) is 1. The summed E-state index contributed by atoms with van der Waals surface area (Å²) in [5.74, 6) is -0.456. The van der Waals surface area contributed by atoms with Crippen LogP contribution >= 0.6 is 0 Å². The van der Waals surface area contributed by atoms with Crippen molar-refractivity contribution in [1.82, 2.24) is 5.32 Å². The molecule has 1 aliphatic heterocycles. The summed E-state index contributed by atoms with van der Waals surface area (Å²) in [6, 6.07) is 6.16. The Morgan fingerprint density at radius 3 is 2.77 bits per heavy atom. The molecule has 122 valence electrons. The molecule has 0 radical (unpaired) electrons. The number of hydrogen-bond acceptors (Lipinski definition) is 4. The Kier molecular flexibility index (Phi) is 4.72. The highest BCUT2D eigenvalue weighted by atomic mass is 19.1. The van der Waals surface area contributed by atoms with Crippen molar-refractivity contribution in [3.63, 3.8) is 0 Å². The first-order valence-corrected chi connectivity index (χ1v) is 7.27. The molecule has 5 nitrogen and oxygen atoms in total. The first kappa shape index (κ1) is 16.7. The minimum Gasteiger partial charge on any atom is -0.444 e. The van der Waals surface area contributed by atoms with Gasteiger partial charge in [0.05, 0.1) is 6.61 Å². The Labute approximate surface area is 129 Å². The monoisotopic (exact) mass is 311 g/mol. The SMILES string of the molecule is CC(C)(C)OC(=O)NC1(c2ccccc2F)CCOC1CO. The molecule has 1 amide bonds. The van der Waals surface area contributed by atoms with Gasteiger partial charge in [-0.3, -0.25) is 0 Å². The van der Waals surface area contributed by atoms with Gasteiger partial charge >= 0.3 is 6.09 Å². The van der Waals surface area contributed by atoms with Crippen molar-refractivity contribution in [1.29, 1.82) is 0 Å². The maximum absolute atomic E-state index is 14.3. The lowest BCUT2D eigenvalue weighted by molar-refractivity contribution is 0.00706. The van der Waals surface area contributed by atoms with Gasteiger partial charge in [0.2, 0.25) is 0 Å². The number of carbonyl (C=O) groups is 1. The topological polar surface area (TPSA) is 67.8 Å². The Hall–Kier alpha value is -1.66. The largest absolute Gasteiger partial charge is 0.444 e. The van der Waals surface area contributed by atoms with Crippen molar-refractivity contribution in [2.75, 3.05) is 13.2 Å². The van der Waals surface area contributed by atoms with E-state index in [4.69, 9.17) is 9.47 Å². The molecule has 1 aliphatic rings. The fourth-order valence-corrected chi connectivity index (χ4v) is 2.70. The third-order valence-electron chi connectivity index (χ3n) is 3.61. The predicted octanol–water partition coefficient (Wildman–Crippen LogP) is 2.33. The highest BCUT2D eigenvalue weighted by Crippen LogP contribution is 2.37. The molecule has 1 aromatic carbocycles. The van der Waals surface area contributed by atoms with Crippen LogP contribution in [0.25, 0.3) is 0 Å². The van der Waals surface area contributed by atoms with E-state index in [0.717, 1.165) is 0 Å². The molecule has 0 saturated carbocycles. The molecule has 6 heteroatoms. The number of aliphatic hydroxyl groups is 1. The van der Waals surface area contributed by atoms with Crippen LogP contribution < -0.4 is 5.32 Å². The average molecular weight is 311 g/mol. The van der Waals surface area contributed by atoms with Crippen molar-refractivity contribution in [2.24, 2.45) is 0 Å². The first-order chi connectivity index (χ1) is 10.3. The van der Waals surface area contributed by atoms with Crippen LogP contribution in [0.5, 0.6) is 0 Å². The number of hydrogen-bond donors (Lipinski definition) is 2. The quantitative estimate of drug-likeness (QED) is 0.899. The van der Waals surface area contributed by atoms with E-state index in [2.05, 4.69) is 5.32 Å². The van der Waals surface area contributed by atoms with Crippen LogP contribution in [0.3, 0.4) is 0 Å². The van der Waals surface area contributed by atoms with Gasteiger partial charge in [-0.1, -0.05) is 18.2 Å². The normalized spacial score (nSPS) is 25.0. The third kappa shape index (κ3) is 3.39. The molecule has 1 fully saturated rings. The van der Waals surface area contributed by atoms with Gasteiger partial charge in [-0.05, 0) is 26.8 Å². The minimum atomic E-state index is -1.14. The number of halogens is 1. The van der Waals surface area contributed by atoms with E-state index in [9.17, 15) is 14.3 Å². The molecule has 2 rings (SSSR count). The number of aliphatic hydroxyl groups excluding tert-OH is 1. The summed E-state index contributed by atoms with van der Waals surface area (Å²) in [6.45, 7) is 5.23. The van der Waals surface area contributed by atoms with E-state index >= 15 is 0 Å². The molecule has 2 N–H and O–H groups in total. The molecule has 1 saturated heterocycles. The zero-order chi connectivity index (χ0) is 16.4. The van der Waals surface area contributed by atoms with Crippen LogP contribution in [0.2, 0.25) is 0 Å².